The van der Waals surface area contributed by atoms with Crippen molar-refractivity contribution in [2.45, 2.75) is 32.0 Å². The van der Waals surface area contributed by atoms with Crippen LogP contribution in [-0.2, 0) is 13.1 Å². The number of carbonyl (C=O) groups is 2. The minimum absolute atomic E-state index is 0.0154. The van der Waals surface area contributed by atoms with Crippen molar-refractivity contribution < 1.29 is 19.8 Å². The molecule has 0 spiro atoms. The van der Waals surface area contributed by atoms with Gasteiger partial charge in [0.2, 0.25) is 0 Å². The largest absolute Gasteiger partial charge is 0.395 e. The second-order valence-electron chi connectivity index (χ2n) is 10.2. The highest BCUT2D eigenvalue weighted by Crippen LogP contribution is 2.40. The van der Waals surface area contributed by atoms with Gasteiger partial charge in [0.15, 0.2) is 5.69 Å². The summed E-state index contributed by atoms with van der Waals surface area (Å²) in [5, 5.41) is 35.2. The third kappa shape index (κ3) is 7.27. The van der Waals surface area contributed by atoms with E-state index < -0.39 is 11.8 Å². The molecule has 2 aromatic heterocycles. The van der Waals surface area contributed by atoms with Gasteiger partial charge in [-0.2, -0.15) is 5.10 Å². The van der Waals surface area contributed by atoms with Crippen LogP contribution in [0.1, 0.15) is 51.1 Å². The van der Waals surface area contributed by atoms with Crippen molar-refractivity contribution in [3.05, 3.63) is 93.5 Å². The molecule has 6 N–H and O–H groups in total. The van der Waals surface area contributed by atoms with Crippen LogP contribution in [0.25, 0.3) is 11.1 Å². The zero-order valence-electron chi connectivity index (χ0n) is 23.8. The Morgan fingerprint density at radius 2 is 1.55 bits per heavy atom. The number of nitrogens with one attached hydrogen (secondary N) is 4. The molecule has 3 heterocycles. The van der Waals surface area contributed by atoms with Crippen molar-refractivity contribution in [3.8, 4) is 11.1 Å². The standard InChI is InChI=1S/C31H33Cl2N7O4/c32-28-20(4-1-6-23(28)37-30(43)25-10-9-19(18-36-25)17-34-11-14-41)21-5-2-7-24(29(21)33)38-31(44)26-16-27-22(35-12-15-42)8-3-13-40(27)39-26/h1-2,4-7,9-10,16,18,22,34-35,41-42H,3,8,11-15,17H2,(H,37,43)(H,38,44)/t22-/m0/s1. The van der Waals surface area contributed by atoms with Gasteiger partial charge in [0.1, 0.15) is 5.69 Å². The SMILES string of the molecule is O=C(Nc1cccc(-c2cccc(NC(=O)c3cc4n(n3)CCC[C@@H]4NCCO)c2Cl)c1Cl)c1ccc(CNCCO)cn1. The van der Waals surface area contributed by atoms with Gasteiger partial charge in [0.05, 0.1) is 40.3 Å². The summed E-state index contributed by atoms with van der Waals surface area (Å²) >= 11 is 13.6. The number of hydrogen-bond donors (Lipinski definition) is 6. The lowest BCUT2D eigenvalue weighted by Gasteiger charge is -2.24. The average molecular weight is 639 g/mol. The van der Waals surface area contributed by atoms with Crippen LogP contribution >= 0.6 is 23.2 Å². The molecule has 0 saturated heterocycles. The van der Waals surface area contributed by atoms with Crippen LogP contribution in [0.4, 0.5) is 11.4 Å². The minimum Gasteiger partial charge on any atom is -0.395 e. The zero-order chi connectivity index (χ0) is 31.1. The first-order valence-corrected chi connectivity index (χ1v) is 15.0. The van der Waals surface area contributed by atoms with Crippen molar-refractivity contribution in [2.24, 2.45) is 0 Å². The number of amides is 2. The van der Waals surface area contributed by atoms with E-state index in [9.17, 15) is 14.7 Å². The Morgan fingerprint density at radius 1 is 0.886 bits per heavy atom. The van der Waals surface area contributed by atoms with Crippen LogP contribution in [0.3, 0.4) is 0 Å². The van der Waals surface area contributed by atoms with Crippen LogP contribution in [0.15, 0.2) is 60.8 Å². The Balaban J connectivity index is 1.31. The summed E-state index contributed by atoms with van der Waals surface area (Å²) in [5.41, 5.74) is 4.17. The predicted octanol–water partition coefficient (Wildman–Crippen LogP) is 4.26. The summed E-state index contributed by atoms with van der Waals surface area (Å²) in [7, 11) is 0. The number of aliphatic hydroxyl groups excluding tert-OH is 2. The molecule has 2 aromatic carbocycles. The van der Waals surface area contributed by atoms with Gasteiger partial charge in [0.25, 0.3) is 11.8 Å². The van der Waals surface area contributed by atoms with Crippen molar-refractivity contribution in [1.29, 1.82) is 0 Å². The van der Waals surface area contributed by atoms with E-state index in [1.54, 1.807) is 60.8 Å². The highest BCUT2D eigenvalue weighted by Gasteiger charge is 2.25. The monoisotopic (exact) mass is 637 g/mol. The summed E-state index contributed by atoms with van der Waals surface area (Å²) in [6.07, 6.45) is 3.41. The van der Waals surface area contributed by atoms with Gasteiger partial charge in [-0.15, -0.1) is 0 Å². The summed E-state index contributed by atoms with van der Waals surface area (Å²) in [6, 6.07) is 15.6. The van der Waals surface area contributed by atoms with Gasteiger partial charge in [0, 0.05) is 49.5 Å². The Hall–Kier alpha value is -3.84. The zero-order valence-corrected chi connectivity index (χ0v) is 25.3. The normalized spacial score (nSPS) is 14.2. The Morgan fingerprint density at radius 3 is 2.16 bits per heavy atom. The lowest BCUT2D eigenvalue weighted by Crippen LogP contribution is -2.29. The van der Waals surface area contributed by atoms with E-state index in [2.05, 4.69) is 31.3 Å². The highest BCUT2D eigenvalue weighted by molar-refractivity contribution is 6.40. The van der Waals surface area contributed by atoms with Crippen LogP contribution in [0.5, 0.6) is 0 Å². The van der Waals surface area contributed by atoms with Gasteiger partial charge in [-0.3, -0.25) is 19.3 Å². The Bertz CT molecular complexity index is 1630. The minimum atomic E-state index is -0.428. The van der Waals surface area contributed by atoms with Crippen LogP contribution in [0, 0.1) is 0 Å². The first-order valence-electron chi connectivity index (χ1n) is 14.3. The number of nitrogens with zero attached hydrogens (tertiary/aromatic N) is 3. The summed E-state index contributed by atoms with van der Waals surface area (Å²) in [5.74, 6) is -0.829. The molecule has 44 heavy (non-hydrogen) atoms. The molecule has 0 fully saturated rings. The first kappa shape index (κ1) is 31.6. The number of aromatic nitrogens is 3. The fraction of sp³-hybridized carbons (Fsp3) is 0.290. The third-order valence-electron chi connectivity index (χ3n) is 7.23. The number of aliphatic hydroxyl groups is 2. The molecule has 1 aliphatic rings. The number of hydrogen-bond acceptors (Lipinski definition) is 8. The van der Waals surface area contributed by atoms with Crippen molar-refractivity contribution in [1.82, 2.24) is 25.4 Å². The lowest BCUT2D eigenvalue weighted by atomic mass is 10.0. The fourth-order valence-electron chi connectivity index (χ4n) is 5.06. The summed E-state index contributed by atoms with van der Waals surface area (Å²) < 4.78 is 1.82. The highest BCUT2D eigenvalue weighted by atomic mass is 35.5. The number of halogens is 2. The topological polar surface area (TPSA) is 153 Å². The fourth-order valence-corrected chi connectivity index (χ4v) is 5.61. The van der Waals surface area contributed by atoms with E-state index in [0.29, 0.717) is 48.7 Å². The van der Waals surface area contributed by atoms with Gasteiger partial charge < -0.3 is 31.5 Å². The molecule has 13 heteroatoms. The molecule has 0 radical (unpaired) electrons. The molecule has 0 unspecified atom stereocenters. The van der Waals surface area contributed by atoms with E-state index in [4.69, 9.17) is 28.3 Å². The molecule has 2 amide bonds. The summed E-state index contributed by atoms with van der Waals surface area (Å²) in [6.45, 7) is 2.23. The number of pyridine rings is 1. The molecule has 5 rings (SSSR count). The van der Waals surface area contributed by atoms with E-state index in [1.807, 2.05) is 4.68 Å². The molecule has 0 saturated carbocycles. The Kier molecular flexibility index (Phi) is 10.6. The second-order valence-corrected chi connectivity index (χ2v) is 11.0. The number of fused-ring (bicyclic) bond motifs is 1. The van der Waals surface area contributed by atoms with E-state index in [-0.39, 0.29) is 40.7 Å². The summed E-state index contributed by atoms with van der Waals surface area (Å²) in [4.78, 5) is 30.4. The van der Waals surface area contributed by atoms with Gasteiger partial charge in [-0.1, -0.05) is 53.5 Å². The number of benzene rings is 2. The number of rotatable bonds is 12. The molecule has 1 aliphatic heterocycles. The third-order valence-corrected chi connectivity index (χ3v) is 8.04. The maximum absolute atomic E-state index is 13.2. The predicted molar refractivity (Wildman–Crippen MR) is 170 cm³/mol. The lowest BCUT2D eigenvalue weighted by molar-refractivity contribution is 0.101. The van der Waals surface area contributed by atoms with Crippen LogP contribution in [-0.4, -0.2) is 63.1 Å². The molecule has 11 nitrogen and oxygen atoms in total. The molecule has 1 atom stereocenters. The van der Waals surface area contributed by atoms with Crippen LogP contribution < -0.4 is 21.3 Å². The molecule has 0 aliphatic carbocycles. The average Bonchev–Trinajstić information content (AvgIpc) is 3.48. The Labute approximate surface area is 264 Å². The quantitative estimate of drug-likeness (QED) is 0.126. The van der Waals surface area contributed by atoms with E-state index in [0.717, 1.165) is 24.1 Å². The van der Waals surface area contributed by atoms with Crippen molar-refractivity contribution in [3.63, 3.8) is 0 Å². The smallest absolute Gasteiger partial charge is 0.276 e. The molecule has 4 aromatic rings. The molecular weight excluding hydrogens is 605 g/mol. The van der Waals surface area contributed by atoms with E-state index in [1.165, 1.54) is 0 Å². The number of anilines is 2. The molecule has 0 bridgehead atoms. The number of aryl methyl sites for hydroxylation is 1. The van der Waals surface area contributed by atoms with Gasteiger partial charge in [-0.25, -0.2) is 0 Å². The second kappa shape index (κ2) is 14.8. The maximum Gasteiger partial charge on any atom is 0.276 e. The van der Waals surface area contributed by atoms with Gasteiger partial charge in [-0.05, 0) is 42.7 Å². The number of carbonyl (C=O) groups excluding carboxylic acids is 2. The first-order chi connectivity index (χ1) is 21.4. The molecule has 230 valence electrons. The van der Waals surface area contributed by atoms with Crippen molar-refractivity contribution in [2.75, 3.05) is 36.9 Å². The van der Waals surface area contributed by atoms with E-state index >= 15 is 0 Å². The van der Waals surface area contributed by atoms with Gasteiger partial charge >= 0.3 is 0 Å². The van der Waals surface area contributed by atoms with Crippen molar-refractivity contribution >= 4 is 46.4 Å². The van der Waals surface area contributed by atoms with Crippen LogP contribution in [0.2, 0.25) is 10.0 Å². The molecular formula is C31H33Cl2N7O4. The maximum atomic E-state index is 13.2.